The number of rotatable bonds is 11. The molecule has 0 atom stereocenters. The summed E-state index contributed by atoms with van der Waals surface area (Å²) >= 11 is 0. The molecule has 0 spiro atoms. The van der Waals surface area contributed by atoms with Crippen LogP contribution in [0.5, 0.6) is 0 Å². The third kappa shape index (κ3) is 8.08. The molecule has 0 saturated carbocycles. The minimum absolute atomic E-state index is 1.09. The average Bonchev–Trinajstić information content (AvgIpc) is 2.84. The zero-order chi connectivity index (χ0) is 14.0. The van der Waals surface area contributed by atoms with Crippen LogP contribution in [-0.4, -0.2) is 31.7 Å². The SMILES string of the molecule is CCCCCCCCCC[N+](C)(C)CC1=C=CC=C1. The minimum atomic E-state index is 1.09. The van der Waals surface area contributed by atoms with E-state index in [2.05, 4.69) is 38.9 Å². The number of nitrogens with zero attached hydrogens (tertiary/aromatic N) is 1. The Hall–Kier alpha value is -0.780. The van der Waals surface area contributed by atoms with Gasteiger partial charge in [-0.1, -0.05) is 51.5 Å². The van der Waals surface area contributed by atoms with Gasteiger partial charge >= 0.3 is 0 Å². The second-order valence-electron chi connectivity index (χ2n) is 6.49. The van der Waals surface area contributed by atoms with E-state index in [1.165, 1.54) is 63.5 Å². The zero-order valence-electron chi connectivity index (χ0n) is 13.3. The molecule has 1 aliphatic carbocycles. The van der Waals surface area contributed by atoms with Crippen molar-refractivity contribution in [2.45, 2.75) is 58.3 Å². The van der Waals surface area contributed by atoms with Crippen LogP contribution in [0, 0.1) is 0 Å². The monoisotopic (exact) mass is 262 g/mol. The Balaban J connectivity index is 2.01. The molecule has 108 valence electrons. The molecule has 0 aliphatic heterocycles. The van der Waals surface area contributed by atoms with Crippen molar-refractivity contribution in [1.82, 2.24) is 0 Å². The van der Waals surface area contributed by atoms with Crippen LogP contribution >= 0.6 is 0 Å². The molecule has 0 fully saturated rings. The first-order valence-electron chi connectivity index (χ1n) is 8.08. The van der Waals surface area contributed by atoms with Crippen LogP contribution in [-0.2, 0) is 0 Å². The molecule has 1 heteroatoms. The van der Waals surface area contributed by atoms with E-state index < -0.39 is 0 Å². The first-order valence-corrected chi connectivity index (χ1v) is 8.08. The summed E-state index contributed by atoms with van der Waals surface area (Å²) in [6.45, 7) is 4.68. The normalized spacial score (nSPS) is 14.2. The van der Waals surface area contributed by atoms with Gasteiger partial charge in [0.2, 0.25) is 0 Å². The predicted octanol–water partition coefficient (Wildman–Crippen LogP) is 4.85. The highest BCUT2D eigenvalue weighted by atomic mass is 15.3. The number of hydrogen-bond donors (Lipinski definition) is 0. The molecule has 0 N–H and O–H groups in total. The second kappa shape index (κ2) is 9.18. The molecule has 1 nitrogen and oxygen atoms in total. The van der Waals surface area contributed by atoms with Gasteiger partial charge in [0.1, 0.15) is 6.54 Å². The van der Waals surface area contributed by atoms with Gasteiger partial charge in [0.25, 0.3) is 0 Å². The van der Waals surface area contributed by atoms with Crippen molar-refractivity contribution in [3.63, 3.8) is 0 Å². The Morgan fingerprint density at radius 3 is 2.16 bits per heavy atom. The van der Waals surface area contributed by atoms with Crippen LogP contribution in [0.2, 0.25) is 0 Å². The Morgan fingerprint density at radius 1 is 0.947 bits per heavy atom. The van der Waals surface area contributed by atoms with Crippen molar-refractivity contribution in [3.8, 4) is 0 Å². The third-order valence-electron chi connectivity index (χ3n) is 3.88. The Morgan fingerprint density at radius 2 is 1.58 bits per heavy atom. The Kier molecular flexibility index (Phi) is 7.86. The van der Waals surface area contributed by atoms with Crippen LogP contribution in [0.15, 0.2) is 29.5 Å². The summed E-state index contributed by atoms with van der Waals surface area (Å²) in [7, 11) is 4.67. The largest absolute Gasteiger partial charge is 0.324 e. The third-order valence-corrected chi connectivity index (χ3v) is 3.88. The number of likely N-dealkylation sites (N-methyl/N-ethyl adjacent to an activating group) is 1. The van der Waals surface area contributed by atoms with Crippen LogP contribution < -0.4 is 0 Å². The molecule has 19 heavy (non-hydrogen) atoms. The van der Waals surface area contributed by atoms with E-state index in [1.807, 2.05) is 6.08 Å². The van der Waals surface area contributed by atoms with Crippen molar-refractivity contribution < 1.29 is 4.48 Å². The average molecular weight is 262 g/mol. The summed E-state index contributed by atoms with van der Waals surface area (Å²) in [5.74, 6) is 0. The van der Waals surface area contributed by atoms with Gasteiger partial charge in [0.05, 0.1) is 20.6 Å². The van der Waals surface area contributed by atoms with Crippen LogP contribution in [0.3, 0.4) is 0 Å². The fourth-order valence-electron chi connectivity index (χ4n) is 2.68. The molecule has 0 aromatic heterocycles. The fraction of sp³-hybridized carbons (Fsp3) is 0.722. The molecular formula is C18H32N+. The van der Waals surface area contributed by atoms with Gasteiger partial charge in [-0.3, -0.25) is 0 Å². The van der Waals surface area contributed by atoms with Crippen molar-refractivity contribution in [2.75, 3.05) is 27.2 Å². The summed E-state index contributed by atoms with van der Waals surface area (Å²) in [5, 5.41) is 0. The molecule has 1 aliphatic rings. The van der Waals surface area contributed by atoms with Crippen molar-refractivity contribution in [1.29, 1.82) is 0 Å². The second-order valence-corrected chi connectivity index (χ2v) is 6.49. The molecule has 0 saturated heterocycles. The smallest absolute Gasteiger partial charge is 0.111 e. The van der Waals surface area contributed by atoms with Gasteiger partial charge in [0, 0.05) is 5.57 Å². The van der Waals surface area contributed by atoms with Gasteiger partial charge < -0.3 is 4.48 Å². The molecule has 0 bridgehead atoms. The molecule has 0 unspecified atom stereocenters. The van der Waals surface area contributed by atoms with Gasteiger partial charge in [-0.2, -0.15) is 0 Å². The fourth-order valence-corrected chi connectivity index (χ4v) is 2.68. The summed E-state index contributed by atoms with van der Waals surface area (Å²) in [4.78, 5) is 0. The van der Waals surface area contributed by atoms with Gasteiger partial charge in [-0.15, -0.1) is 5.73 Å². The lowest BCUT2D eigenvalue weighted by atomic mass is 10.1. The molecular weight excluding hydrogens is 230 g/mol. The lowest BCUT2D eigenvalue weighted by Crippen LogP contribution is -2.41. The van der Waals surface area contributed by atoms with E-state index in [0.29, 0.717) is 0 Å². The Labute approximate surface area is 120 Å². The highest BCUT2D eigenvalue weighted by Gasteiger charge is 2.16. The van der Waals surface area contributed by atoms with E-state index in [9.17, 15) is 0 Å². The van der Waals surface area contributed by atoms with Gasteiger partial charge in [-0.05, 0) is 25.0 Å². The maximum absolute atomic E-state index is 3.31. The maximum atomic E-state index is 3.31. The zero-order valence-corrected chi connectivity index (χ0v) is 13.3. The lowest BCUT2D eigenvalue weighted by Gasteiger charge is -2.29. The Bertz CT molecular complexity index is 330. The van der Waals surface area contributed by atoms with Crippen molar-refractivity contribution in [3.05, 3.63) is 29.5 Å². The van der Waals surface area contributed by atoms with Crippen LogP contribution in [0.4, 0.5) is 0 Å². The van der Waals surface area contributed by atoms with E-state index >= 15 is 0 Å². The van der Waals surface area contributed by atoms with E-state index in [-0.39, 0.29) is 0 Å². The first kappa shape index (κ1) is 16.3. The summed E-state index contributed by atoms with van der Waals surface area (Å²) < 4.78 is 1.09. The van der Waals surface area contributed by atoms with E-state index in [1.54, 1.807) is 0 Å². The van der Waals surface area contributed by atoms with Crippen molar-refractivity contribution >= 4 is 0 Å². The number of allylic oxidation sites excluding steroid dienone is 1. The molecule has 0 amide bonds. The number of hydrogen-bond acceptors (Lipinski definition) is 0. The topological polar surface area (TPSA) is 0 Å². The first-order chi connectivity index (χ1) is 9.14. The number of quaternary nitrogens is 1. The minimum Gasteiger partial charge on any atom is -0.324 e. The van der Waals surface area contributed by atoms with Gasteiger partial charge in [0.15, 0.2) is 0 Å². The highest BCUT2D eigenvalue weighted by molar-refractivity contribution is 5.29. The molecule has 0 aromatic carbocycles. The maximum Gasteiger partial charge on any atom is 0.111 e. The van der Waals surface area contributed by atoms with E-state index in [0.717, 1.165) is 11.0 Å². The standard InChI is InChI=1S/C18H32N/c1-4-5-6-7-8-9-10-13-16-19(2,3)17-18-14-11-12-15-18/h11-12,14H,4-10,13,16-17H2,1-3H3/q+1. The van der Waals surface area contributed by atoms with Crippen LogP contribution in [0.25, 0.3) is 0 Å². The lowest BCUT2D eigenvalue weighted by molar-refractivity contribution is -0.885. The molecule has 0 heterocycles. The quantitative estimate of drug-likeness (QED) is 0.283. The molecule has 0 aromatic rings. The van der Waals surface area contributed by atoms with Crippen molar-refractivity contribution in [2.24, 2.45) is 0 Å². The van der Waals surface area contributed by atoms with Gasteiger partial charge in [-0.25, -0.2) is 0 Å². The molecule has 0 radical (unpaired) electrons. The summed E-state index contributed by atoms with van der Waals surface area (Å²) in [6, 6.07) is 0. The predicted molar refractivity (Wildman–Crippen MR) is 85.2 cm³/mol. The summed E-state index contributed by atoms with van der Waals surface area (Å²) in [6.07, 6.45) is 17.6. The van der Waals surface area contributed by atoms with Crippen LogP contribution in [0.1, 0.15) is 58.3 Å². The summed E-state index contributed by atoms with van der Waals surface area (Å²) in [5.41, 5.74) is 4.66. The molecule has 1 rings (SSSR count). The number of unbranched alkanes of at least 4 members (excludes halogenated alkanes) is 7. The van der Waals surface area contributed by atoms with E-state index in [4.69, 9.17) is 0 Å². The highest BCUT2D eigenvalue weighted by Crippen LogP contribution is 2.13.